The first-order chi connectivity index (χ1) is 12.1. The van der Waals surface area contributed by atoms with Crippen LogP contribution in [0.2, 0.25) is 0 Å². The van der Waals surface area contributed by atoms with Gasteiger partial charge in [0.25, 0.3) is 5.56 Å². The number of nitrogens with one attached hydrogen (secondary N) is 1. The van der Waals surface area contributed by atoms with Gasteiger partial charge in [0.15, 0.2) is 0 Å². The number of carbonyl (C=O) groups excluding carboxylic acids is 1. The molecule has 1 amide bonds. The summed E-state index contributed by atoms with van der Waals surface area (Å²) in [5.41, 5.74) is 0.424. The molecule has 0 fully saturated rings. The zero-order valence-corrected chi connectivity index (χ0v) is 13.8. The van der Waals surface area contributed by atoms with Gasteiger partial charge in [-0.05, 0) is 25.5 Å². The number of aromatic nitrogens is 5. The van der Waals surface area contributed by atoms with Gasteiger partial charge >= 0.3 is 0 Å². The molecule has 1 atom stereocenters. The summed E-state index contributed by atoms with van der Waals surface area (Å²) in [5, 5.41) is 11.7. The third kappa shape index (κ3) is 2.90. The Kier molecular flexibility index (Phi) is 3.79. The molecule has 0 saturated heterocycles. The SMILES string of the molecule is Cc1nnc2n1C[C@@H](NC(=O)Cn1cnc3ccccc3c1=O)CC2. The van der Waals surface area contributed by atoms with Crippen LogP contribution < -0.4 is 10.9 Å². The van der Waals surface area contributed by atoms with Crippen LogP contribution in [-0.4, -0.2) is 36.3 Å². The number of benzene rings is 1. The molecule has 0 radical (unpaired) electrons. The van der Waals surface area contributed by atoms with Crippen molar-refractivity contribution in [1.82, 2.24) is 29.6 Å². The summed E-state index contributed by atoms with van der Waals surface area (Å²) in [4.78, 5) is 29.1. The van der Waals surface area contributed by atoms with Gasteiger partial charge in [-0.2, -0.15) is 0 Å². The Morgan fingerprint density at radius 1 is 1.32 bits per heavy atom. The molecule has 1 aliphatic heterocycles. The van der Waals surface area contributed by atoms with Gasteiger partial charge in [0, 0.05) is 19.0 Å². The lowest BCUT2D eigenvalue weighted by atomic mass is 10.1. The second-order valence-corrected chi connectivity index (χ2v) is 6.27. The highest BCUT2D eigenvalue weighted by atomic mass is 16.2. The van der Waals surface area contributed by atoms with Gasteiger partial charge in [-0.1, -0.05) is 12.1 Å². The quantitative estimate of drug-likeness (QED) is 0.747. The largest absolute Gasteiger partial charge is 0.350 e. The second-order valence-electron chi connectivity index (χ2n) is 6.27. The number of nitrogens with zero attached hydrogens (tertiary/aromatic N) is 5. The van der Waals surface area contributed by atoms with Crippen molar-refractivity contribution in [2.75, 3.05) is 0 Å². The van der Waals surface area contributed by atoms with Gasteiger partial charge in [-0.25, -0.2) is 4.98 Å². The number of hydrogen-bond acceptors (Lipinski definition) is 5. The highest BCUT2D eigenvalue weighted by Gasteiger charge is 2.23. The molecule has 1 aromatic carbocycles. The fraction of sp³-hybridized carbons (Fsp3) is 0.353. The summed E-state index contributed by atoms with van der Waals surface area (Å²) in [5.74, 6) is 1.61. The number of para-hydroxylation sites is 1. The highest BCUT2D eigenvalue weighted by Crippen LogP contribution is 2.14. The van der Waals surface area contributed by atoms with E-state index in [2.05, 4.69) is 20.5 Å². The molecular weight excluding hydrogens is 320 g/mol. The maximum atomic E-state index is 12.5. The van der Waals surface area contributed by atoms with Gasteiger partial charge in [0.2, 0.25) is 5.91 Å². The van der Waals surface area contributed by atoms with Crippen LogP contribution in [0.15, 0.2) is 35.4 Å². The van der Waals surface area contributed by atoms with Gasteiger partial charge in [-0.3, -0.25) is 14.2 Å². The van der Waals surface area contributed by atoms with Crippen molar-refractivity contribution in [1.29, 1.82) is 0 Å². The van der Waals surface area contributed by atoms with Crippen molar-refractivity contribution in [2.45, 2.75) is 38.9 Å². The van der Waals surface area contributed by atoms with Crippen LogP contribution in [0.3, 0.4) is 0 Å². The summed E-state index contributed by atoms with van der Waals surface area (Å²) in [6.07, 6.45) is 3.02. The first-order valence-electron chi connectivity index (χ1n) is 8.24. The summed E-state index contributed by atoms with van der Waals surface area (Å²) in [6.45, 7) is 2.52. The lowest BCUT2D eigenvalue weighted by molar-refractivity contribution is -0.122. The summed E-state index contributed by atoms with van der Waals surface area (Å²) >= 11 is 0. The monoisotopic (exact) mass is 338 g/mol. The van der Waals surface area contributed by atoms with Gasteiger partial charge in [0.05, 0.1) is 17.2 Å². The maximum Gasteiger partial charge on any atom is 0.261 e. The van der Waals surface area contributed by atoms with Crippen LogP contribution >= 0.6 is 0 Å². The van der Waals surface area contributed by atoms with Crippen molar-refractivity contribution >= 4 is 16.8 Å². The average molecular weight is 338 g/mol. The Labute approximate surface area is 143 Å². The average Bonchev–Trinajstić information content (AvgIpc) is 2.98. The van der Waals surface area contributed by atoms with E-state index < -0.39 is 0 Å². The summed E-state index contributed by atoms with van der Waals surface area (Å²) < 4.78 is 3.37. The minimum atomic E-state index is -0.207. The lowest BCUT2D eigenvalue weighted by Crippen LogP contribution is -2.43. The Morgan fingerprint density at radius 3 is 3.04 bits per heavy atom. The van der Waals surface area contributed by atoms with E-state index in [-0.39, 0.29) is 24.1 Å². The van der Waals surface area contributed by atoms with E-state index in [0.29, 0.717) is 17.4 Å². The van der Waals surface area contributed by atoms with E-state index >= 15 is 0 Å². The predicted molar refractivity (Wildman–Crippen MR) is 91.0 cm³/mol. The van der Waals surface area contributed by atoms with Crippen LogP contribution in [0.5, 0.6) is 0 Å². The summed E-state index contributed by atoms with van der Waals surface area (Å²) in [7, 11) is 0. The number of amides is 1. The predicted octanol–water partition coefficient (Wildman–Crippen LogP) is 0.428. The fourth-order valence-corrected chi connectivity index (χ4v) is 3.23. The van der Waals surface area contributed by atoms with Crippen LogP contribution in [0.4, 0.5) is 0 Å². The molecule has 0 aliphatic carbocycles. The molecule has 0 saturated carbocycles. The molecule has 1 aliphatic rings. The molecule has 128 valence electrons. The Balaban J connectivity index is 1.47. The zero-order valence-electron chi connectivity index (χ0n) is 13.8. The molecule has 2 aromatic heterocycles. The smallest absolute Gasteiger partial charge is 0.261 e. The number of rotatable bonds is 3. The van der Waals surface area contributed by atoms with Gasteiger partial charge in [0.1, 0.15) is 18.2 Å². The van der Waals surface area contributed by atoms with E-state index in [1.807, 2.05) is 17.6 Å². The molecule has 3 aromatic rings. The molecule has 1 N–H and O–H groups in total. The van der Waals surface area contributed by atoms with Gasteiger partial charge < -0.3 is 9.88 Å². The second kappa shape index (κ2) is 6.12. The van der Waals surface area contributed by atoms with Crippen molar-refractivity contribution < 1.29 is 4.79 Å². The van der Waals surface area contributed by atoms with E-state index in [1.54, 1.807) is 18.2 Å². The van der Waals surface area contributed by atoms with Crippen LogP contribution in [-0.2, 0) is 24.3 Å². The van der Waals surface area contributed by atoms with Crippen molar-refractivity contribution in [3.05, 3.63) is 52.6 Å². The van der Waals surface area contributed by atoms with E-state index in [0.717, 1.165) is 24.5 Å². The van der Waals surface area contributed by atoms with E-state index in [1.165, 1.54) is 10.9 Å². The fourth-order valence-electron chi connectivity index (χ4n) is 3.23. The Bertz CT molecular complexity index is 1010. The molecule has 4 rings (SSSR count). The zero-order chi connectivity index (χ0) is 17.4. The van der Waals surface area contributed by atoms with Crippen molar-refractivity contribution in [2.24, 2.45) is 0 Å². The number of hydrogen-bond donors (Lipinski definition) is 1. The minimum absolute atomic E-state index is 0.0128. The Morgan fingerprint density at radius 2 is 2.16 bits per heavy atom. The first-order valence-corrected chi connectivity index (χ1v) is 8.24. The molecular formula is C17H18N6O2. The molecule has 0 spiro atoms. The third-order valence-electron chi connectivity index (χ3n) is 4.54. The minimum Gasteiger partial charge on any atom is -0.350 e. The standard InChI is InChI=1S/C17H18N6O2/c1-11-20-21-15-7-6-12(8-23(11)15)19-16(24)9-22-10-18-14-5-3-2-4-13(14)17(22)25/h2-5,10,12H,6-9H2,1H3,(H,19,24)/t12-/m0/s1. The van der Waals surface area contributed by atoms with Crippen LogP contribution in [0.25, 0.3) is 10.9 Å². The number of carbonyl (C=O) groups is 1. The van der Waals surface area contributed by atoms with E-state index in [4.69, 9.17) is 0 Å². The Hall–Kier alpha value is -3.03. The number of fused-ring (bicyclic) bond motifs is 2. The van der Waals surface area contributed by atoms with Crippen molar-refractivity contribution in [3.63, 3.8) is 0 Å². The normalized spacial score (nSPS) is 16.6. The first kappa shape index (κ1) is 15.5. The van der Waals surface area contributed by atoms with E-state index in [9.17, 15) is 9.59 Å². The molecule has 3 heterocycles. The van der Waals surface area contributed by atoms with Crippen molar-refractivity contribution in [3.8, 4) is 0 Å². The van der Waals surface area contributed by atoms with Gasteiger partial charge in [-0.15, -0.1) is 10.2 Å². The summed E-state index contributed by atoms with van der Waals surface area (Å²) in [6, 6.07) is 7.13. The third-order valence-corrected chi connectivity index (χ3v) is 4.54. The molecule has 8 heteroatoms. The highest BCUT2D eigenvalue weighted by molar-refractivity contribution is 5.79. The number of aryl methyl sites for hydroxylation is 2. The maximum absolute atomic E-state index is 12.5. The van der Waals surface area contributed by atoms with Crippen LogP contribution in [0.1, 0.15) is 18.1 Å². The molecule has 8 nitrogen and oxygen atoms in total. The lowest BCUT2D eigenvalue weighted by Gasteiger charge is -2.25. The topological polar surface area (TPSA) is 94.7 Å². The van der Waals surface area contributed by atoms with Crippen LogP contribution in [0, 0.1) is 6.92 Å². The molecule has 0 bridgehead atoms. The molecule has 25 heavy (non-hydrogen) atoms. The molecule has 0 unspecified atom stereocenters.